The van der Waals surface area contributed by atoms with Gasteiger partial charge in [0.1, 0.15) is 0 Å². The maximum atomic E-state index is 10.7. The minimum atomic E-state index is -0.447. The van der Waals surface area contributed by atoms with E-state index in [0.717, 1.165) is 0 Å². The fraction of sp³-hybridized carbons (Fsp3) is 0. The maximum absolute atomic E-state index is 10.7. The molecule has 2 aromatic rings. The van der Waals surface area contributed by atoms with Crippen LogP contribution in [0.2, 0.25) is 0 Å². The molecule has 0 fully saturated rings. The van der Waals surface area contributed by atoms with Crippen molar-refractivity contribution in [2.24, 2.45) is 0 Å². The van der Waals surface area contributed by atoms with E-state index in [1.54, 1.807) is 18.2 Å². The normalized spacial score (nSPS) is 9.33. The van der Waals surface area contributed by atoms with Crippen LogP contribution < -0.4 is 0 Å². The van der Waals surface area contributed by atoms with Crippen molar-refractivity contribution in [3.63, 3.8) is 0 Å². The zero-order valence-electron chi connectivity index (χ0n) is 7.49. The number of nitro benzene ring substituents is 1. The van der Waals surface area contributed by atoms with Gasteiger partial charge in [0, 0.05) is 6.07 Å². The van der Waals surface area contributed by atoms with Crippen molar-refractivity contribution < 1.29 is 9.34 Å². The van der Waals surface area contributed by atoms with Crippen molar-refractivity contribution in [3.8, 4) is 11.3 Å². The quantitative estimate of drug-likeness (QED) is 0.583. The summed E-state index contributed by atoms with van der Waals surface area (Å²) < 4.78 is 4.99. The fourth-order valence-corrected chi connectivity index (χ4v) is 1.19. The number of nitro groups is 1. The number of benzene rings is 1. The van der Waals surface area contributed by atoms with E-state index in [4.69, 9.17) is 4.42 Å². The van der Waals surface area contributed by atoms with E-state index in [9.17, 15) is 10.1 Å². The lowest BCUT2D eigenvalue weighted by Crippen LogP contribution is -1.90. The average molecular weight is 227 g/mol. The van der Waals surface area contributed by atoms with Gasteiger partial charge in [0.25, 0.3) is 5.69 Å². The summed E-state index contributed by atoms with van der Waals surface area (Å²) >= 11 is 0. The molecule has 15 heavy (non-hydrogen) atoms. The molecule has 78 valence electrons. The number of halogens is 1. The fourth-order valence-electron chi connectivity index (χ4n) is 1.19. The van der Waals surface area contributed by atoms with E-state index < -0.39 is 4.92 Å². The van der Waals surface area contributed by atoms with Gasteiger partial charge in [0.05, 0.1) is 16.7 Å². The summed E-state index contributed by atoms with van der Waals surface area (Å²) in [6, 6.07) is 6.37. The maximum Gasteiger partial charge on any atom is 0.280 e. The second-order valence-corrected chi connectivity index (χ2v) is 2.64. The smallest absolute Gasteiger partial charge is 0.280 e. The molecule has 0 aliphatic rings. The van der Waals surface area contributed by atoms with Crippen LogP contribution in [0.4, 0.5) is 5.69 Å². The summed E-state index contributed by atoms with van der Waals surface area (Å²) in [5.74, 6) is 0.400. The molecule has 0 bridgehead atoms. The minimum absolute atomic E-state index is 0. The molecule has 0 saturated heterocycles. The van der Waals surface area contributed by atoms with Gasteiger partial charge in [0.15, 0.2) is 12.2 Å². The molecule has 0 spiro atoms. The highest BCUT2D eigenvalue weighted by Crippen LogP contribution is 2.28. The molecule has 0 unspecified atom stereocenters. The monoisotopic (exact) mass is 226 g/mol. The van der Waals surface area contributed by atoms with Crippen LogP contribution in [-0.4, -0.2) is 9.91 Å². The Balaban J connectivity index is 0.00000112. The Morgan fingerprint density at radius 3 is 2.67 bits per heavy atom. The third kappa shape index (κ3) is 2.13. The molecule has 0 radical (unpaired) electrons. The van der Waals surface area contributed by atoms with Gasteiger partial charge in [-0.15, -0.1) is 12.4 Å². The summed E-state index contributed by atoms with van der Waals surface area (Å²) in [7, 11) is 0. The summed E-state index contributed by atoms with van der Waals surface area (Å²) in [6.45, 7) is 0. The van der Waals surface area contributed by atoms with Crippen LogP contribution in [0.25, 0.3) is 11.3 Å². The standard InChI is InChI=1S/C9H6N2O3.ClH/c12-11(13)8-4-2-1-3-7(8)9-5-10-6-14-9;/h1-6H;1H. The van der Waals surface area contributed by atoms with Gasteiger partial charge in [0.2, 0.25) is 0 Å². The third-order valence-corrected chi connectivity index (χ3v) is 1.80. The molecule has 0 N–H and O–H groups in total. The van der Waals surface area contributed by atoms with Crippen LogP contribution in [-0.2, 0) is 0 Å². The zero-order chi connectivity index (χ0) is 9.97. The van der Waals surface area contributed by atoms with Gasteiger partial charge in [-0.2, -0.15) is 0 Å². The Labute approximate surface area is 91.3 Å². The second-order valence-electron chi connectivity index (χ2n) is 2.64. The van der Waals surface area contributed by atoms with Gasteiger partial charge >= 0.3 is 0 Å². The number of hydrogen-bond acceptors (Lipinski definition) is 4. The Kier molecular flexibility index (Phi) is 3.41. The lowest BCUT2D eigenvalue weighted by Gasteiger charge is -1.97. The summed E-state index contributed by atoms with van der Waals surface area (Å²) in [4.78, 5) is 13.9. The van der Waals surface area contributed by atoms with Crippen LogP contribution >= 0.6 is 12.4 Å². The molecule has 1 aromatic heterocycles. The van der Waals surface area contributed by atoms with Crippen LogP contribution in [0.1, 0.15) is 0 Å². The molecule has 0 amide bonds. The summed E-state index contributed by atoms with van der Waals surface area (Å²) in [6.07, 6.45) is 2.69. The van der Waals surface area contributed by atoms with Gasteiger partial charge < -0.3 is 4.42 Å². The molecule has 0 atom stereocenters. The first-order valence-corrected chi connectivity index (χ1v) is 3.91. The highest BCUT2D eigenvalue weighted by molar-refractivity contribution is 5.85. The lowest BCUT2D eigenvalue weighted by molar-refractivity contribution is -0.384. The molecular weight excluding hydrogens is 220 g/mol. The SMILES string of the molecule is Cl.O=[N+]([O-])c1ccccc1-c1cnco1. The minimum Gasteiger partial charge on any atom is -0.443 e. The summed E-state index contributed by atoms with van der Waals surface area (Å²) in [5, 5.41) is 10.7. The number of para-hydroxylation sites is 1. The molecule has 2 rings (SSSR count). The lowest BCUT2D eigenvalue weighted by atomic mass is 10.1. The molecular formula is C9H7ClN2O3. The Morgan fingerprint density at radius 2 is 2.07 bits per heavy atom. The van der Waals surface area contributed by atoms with Crippen molar-refractivity contribution in [1.29, 1.82) is 0 Å². The first-order chi connectivity index (χ1) is 6.79. The number of oxazole rings is 1. The second kappa shape index (κ2) is 4.56. The van der Waals surface area contributed by atoms with E-state index in [-0.39, 0.29) is 18.1 Å². The van der Waals surface area contributed by atoms with Crippen molar-refractivity contribution >= 4 is 18.1 Å². The molecule has 0 aliphatic carbocycles. The van der Waals surface area contributed by atoms with Crippen LogP contribution in [0.3, 0.4) is 0 Å². The first-order valence-electron chi connectivity index (χ1n) is 3.91. The van der Waals surface area contributed by atoms with Crippen LogP contribution in [0.15, 0.2) is 41.3 Å². The van der Waals surface area contributed by atoms with Crippen molar-refractivity contribution in [3.05, 3.63) is 47.0 Å². The van der Waals surface area contributed by atoms with Crippen LogP contribution in [0.5, 0.6) is 0 Å². The van der Waals surface area contributed by atoms with Gasteiger partial charge in [-0.25, -0.2) is 4.98 Å². The van der Waals surface area contributed by atoms with Gasteiger partial charge in [-0.1, -0.05) is 12.1 Å². The van der Waals surface area contributed by atoms with E-state index in [1.165, 1.54) is 18.7 Å². The van der Waals surface area contributed by atoms with Crippen molar-refractivity contribution in [2.45, 2.75) is 0 Å². The van der Waals surface area contributed by atoms with Crippen molar-refractivity contribution in [1.82, 2.24) is 4.98 Å². The van der Waals surface area contributed by atoms with Crippen LogP contribution in [0, 0.1) is 10.1 Å². The molecule has 1 heterocycles. The average Bonchev–Trinajstić information content (AvgIpc) is 2.70. The Hall–Kier alpha value is -1.88. The van der Waals surface area contributed by atoms with Crippen molar-refractivity contribution in [2.75, 3.05) is 0 Å². The molecule has 1 aromatic carbocycles. The molecule has 6 heteroatoms. The predicted molar refractivity (Wildman–Crippen MR) is 55.8 cm³/mol. The highest BCUT2D eigenvalue weighted by atomic mass is 35.5. The summed E-state index contributed by atoms with van der Waals surface area (Å²) in [5.41, 5.74) is 0.458. The van der Waals surface area contributed by atoms with E-state index >= 15 is 0 Å². The van der Waals surface area contributed by atoms with E-state index in [0.29, 0.717) is 11.3 Å². The topological polar surface area (TPSA) is 69.2 Å². The largest absolute Gasteiger partial charge is 0.443 e. The number of nitrogens with zero attached hydrogens (tertiary/aromatic N) is 2. The zero-order valence-corrected chi connectivity index (χ0v) is 8.31. The number of rotatable bonds is 2. The first kappa shape index (κ1) is 11.2. The number of aromatic nitrogens is 1. The Morgan fingerprint density at radius 1 is 1.33 bits per heavy atom. The number of hydrogen-bond donors (Lipinski definition) is 0. The Bertz CT molecular complexity index is 456. The van der Waals surface area contributed by atoms with E-state index in [2.05, 4.69) is 4.98 Å². The molecule has 5 nitrogen and oxygen atoms in total. The van der Waals surface area contributed by atoms with Gasteiger partial charge in [-0.3, -0.25) is 10.1 Å². The molecule has 0 saturated carbocycles. The molecule has 0 aliphatic heterocycles. The van der Waals surface area contributed by atoms with E-state index in [1.807, 2.05) is 0 Å². The third-order valence-electron chi connectivity index (χ3n) is 1.80. The predicted octanol–water partition coefficient (Wildman–Crippen LogP) is 2.67. The van der Waals surface area contributed by atoms with Gasteiger partial charge in [-0.05, 0) is 6.07 Å². The highest BCUT2D eigenvalue weighted by Gasteiger charge is 2.15.